The molecule has 0 bridgehead atoms. The van der Waals surface area contributed by atoms with E-state index in [9.17, 15) is 19.8 Å². The highest BCUT2D eigenvalue weighted by atomic mass is 16.4. The Hall–Kier alpha value is -3.80. The minimum atomic E-state index is -0.595. The van der Waals surface area contributed by atoms with E-state index in [1.54, 1.807) is 0 Å². The average molecular weight is 563 g/mol. The largest absolute Gasteiger partial charge is 0.481 e. The van der Waals surface area contributed by atoms with Gasteiger partial charge >= 0.3 is 11.9 Å². The van der Waals surface area contributed by atoms with Gasteiger partial charge in [0.05, 0.1) is 22.9 Å². The molecule has 8 rings (SSSR count). The van der Waals surface area contributed by atoms with Gasteiger partial charge in [-0.25, -0.2) is 0 Å². The van der Waals surface area contributed by atoms with Crippen molar-refractivity contribution in [3.63, 3.8) is 0 Å². The first-order valence-corrected chi connectivity index (χ1v) is 15.5. The first kappa shape index (κ1) is 27.1. The number of carbonyl (C=O) groups is 2. The van der Waals surface area contributed by atoms with Gasteiger partial charge in [-0.3, -0.25) is 19.6 Å². The molecule has 6 nitrogen and oxygen atoms in total. The number of carboxylic acids is 2. The summed E-state index contributed by atoms with van der Waals surface area (Å²) in [5, 5.41) is 20.9. The molecule has 4 saturated carbocycles. The van der Waals surface area contributed by atoms with Crippen molar-refractivity contribution in [2.24, 2.45) is 22.7 Å². The van der Waals surface area contributed by atoms with Gasteiger partial charge in [0.25, 0.3) is 0 Å². The lowest BCUT2D eigenvalue weighted by Gasteiger charge is -2.30. The molecule has 2 aromatic heterocycles. The van der Waals surface area contributed by atoms with E-state index < -0.39 is 11.9 Å². The number of hydrogen-bond acceptors (Lipinski definition) is 4. The highest BCUT2D eigenvalue weighted by Gasteiger charge is 2.59. The highest BCUT2D eigenvalue weighted by Crippen LogP contribution is 2.64. The van der Waals surface area contributed by atoms with Crippen molar-refractivity contribution in [1.82, 2.24) is 9.97 Å². The maximum Gasteiger partial charge on any atom is 0.307 e. The van der Waals surface area contributed by atoms with Gasteiger partial charge in [-0.1, -0.05) is 36.4 Å². The molecule has 216 valence electrons. The van der Waals surface area contributed by atoms with Gasteiger partial charge in [-0.05, 0) is 122 Å². The molecular formula is C36H38N2O4. The fraction of sp³-hybridized carbons (Fsp3) is 0.444. The topological polar surface area (TPSA) is 100 Å². The van der Waals surface area contributed by atoms with Crippen molar-refractivity contribution < 1.29 is 19.8 Å². The minimum Gasteiger partial charge on any atom is -0.481 e. The summed E-state index contributed by atoms with van der Waals surface area (Å²) in [7, 11) is 0. The smallest absolute Gasteiger partial charge is 0.307 e. The number of aromatic nitrogens is 2. The van der Waals surface area contributed by atoms with Crippen molar-refractivity contribution in [3.8, 4) is 0 Å². The summed E-state index contributed by atoms with van der Waals surface area (Å²) in [6.45, 7) is 0. The fourth-order valence-corrected chi connectivity index (χ4v) is 8.45. The summed E-state index contributed by atoms with van der Waals surface area (Å²) < 4.78 is 0. The van der Waals surface area contributed by atoms with Gasteiger partial charge < -0.3 is 10.2 Å². The molecule has 2 atom stereocenters. The Morgan fingerprint density at radius 3 is 1.33 bits per heavy atom. The van der Waals surface area contributed by atoms with Crippen LogP contribution in [0, 0.1) is 22.7 Å². The Labute approximate surface area is 246 Å². The molecule has 2 spiro atoms. The van der Waals surface area contributed by atoms with Crippen LogP contribution in [0.2, 0.25) is 0 Å². The van der Waals surface area contributed by atoms with E-state index >= 15 is 0 Å². The molecule has 6 heteroatoms. The number of rotatable bonds is 4. The summed E-state index contributed by atoms with van der Waals surface area (Å²) in [5.41, 5.74) is 5.16. The number of benzene rings is 2. The van der Waals surface area contributed by atoms with Crippen LogP contribution in [0.5, 0.6) is 0 Å². The van der Waals surface area contributed by atoms with Crippen molar-refractivity contribution in [2.45, 2.75) is 76.0 Å². The molecule has 2 N–H and O–H groups in total. The third-order valence-electron chi connectivity index (χ3n) is 11.2. The predicted molar refractivity (Wildman–Crippen MR) is 162 cm³/mol. The van der Waals surface area contributed by atoms with Crippen LogP contribution >= 0.6 is 0 Å². The lowest BCUT2D eigenvalue weighted by atomic mass is 9.75. The Morgan fingerprint density at radius 2 is 0.976 bits per heavy atom. The van der Waals surface area contributed by atoms with Crippen LogP contribution in [-0.4, -0.2) is 32.1 Å². The van der Waals surface area contributed by atoms with E-state index in [1.807, 2.05) is 24.5 Å². The molecular weight excluding hydrogens is 524 g/mol. The van der Waals surface area contributed by atoms with Crippen LogP contribution in [0.1, 0.15) is 87.2 Å². The summed E-state index contributed by atoms with van der Waals surface area (Å²) in [5.74, 6) is -0.233. The molecule has 0 radical (unpaired) electrons. The number of hydrogen-bond donors (Lipinski definition) is 2. The third-order valence-corrected chi connectivity index (χ3v) is 11.2. The van der Waals surface area contributed by atoms with Crippen LogP contribution in [0.3, 0.4) is 0 Å². The van der Waals surface area contributed by atoms with Crippen molar-refractivity contribution in [1.29, 1.82) is 0 Å². The standard InChI is InChI=1S/2C18H19NO2/c2*20-17(21)15-11-18(15)8-5-12(6-9-18)13-7-10-19-16-4-2-1-3-14(13)16/h2*1-4,7,10,12,15H,5-6,8-9,11H2,(H,20,21)/t2*12?,15-,18?/m00/s1. The Bertz CT molecular complexity index is 1520. The SMILES string of the molecule is O=C(O)[C@@H]1CC12CCC(c1ccnc3ccccc13)CC2.O=C(O)[C@@H]1CC12CCC(c1ccnc3ccccc13)CC2. The zero-order chi connectivity index (χ0) is 28.9. The normalized spacial score (nSPS) is 31.4. The summed E-state index contributed by atoms with van der Waals surface area (Å²) in [4.78, 5) is 31.2. The molecule has 2 aromatic carbocycles. The number of pyridine rings is 2. The zero-order valence-corrected chi connectivity index (χ0v) is 23.9. The first-order chi connectivity index (χ1) is 20.4. The Balaban J connectivity index is 0.000000137. The van der Waals surface area contributed by atoms with E-state index in [0.717, 1.165) is 75.2 Å². The maximum absolute atomic E-state index is 11.2. The van der Waals surface area contributed by atoms with Gasteiger partial charge in [0.1, 0.15) is 0 Å². The number of para-hydroxylation sites is 2. The second-order valence-corrected chi connectivity index (χ2v) is 13.3. The maximum atomic E-state index is 11.2. The van der Waals surface area contributed by atoms with Crippen LogP contribution in [-0.2, 0) is 9.59 Å². The number of fused-ring (bicyclic) bond motifs is 2. The van der Waals surface area contributed by atoms with Gasteiger partial charge in [0.2, 0.25) is 0 Å². The third kappa shape index (κ3) is 4.85. The number of aliphatic carboxylic acids is 2. The van der Waals surface area contributed by atoms with Crippen LogP contribution in [0.25, 0.3) is 21.8 Å². The van der Waals surface area contributed by atoms with Crippen molar-refractivity contribution >= 4 is 33.7 Å². The Morgan fingerprint density at radius 1 is 0.595 bits per heavy atom. The van der Waals surface area contributed by atoms with E-state index in [2.05, 4.69) is 58.5 Å². The lowest BCUT2D eigenvalue weighted by Crippen LogP contribution is -2.18. The molecule has 0 saturated heterocycles. The zero-order valence-electron chi connectivity index (χ0n) is 23.9. The van der Waals surface area contributed by atoms with Crippen molar-refractivity contribution in [3.05, 3.63) is 84.2 Å². The summed E-state index contributed by atoms with van der Waals surface area (Å²) in [6.07, 6.45) is 14.3. The molecule has 4 aliphatic carbocycles. The van der Waals surface area contributed by atoms with Crippen LogP contribution < -0.4 is 0 Å². The Kier molecular flexibility index (Phi) is 6.75. The fourth-order valence-electron chi connectivity index (χ4n) is 8.45. The molecule has 2 heterocycles. The van der Waals surface area contributed by atoms with E-state index in [0.29, 0.717) is 11.8 Å². The van der Waals surface area contributed by atoms with Gasteiger partial charge in [-0.2, -0.15) is 0 Å². The van der Waals surface area contributed by atoms with Crippen molar-refractivity contribution in [2.75, 3.05) is 0 Å². The van der Waals surface area contributed by atoms with Crippen LogP contribution in [0.4, 0.5) is 0 Å². The first-order valence-electron chi connectivity index (χ1n) is 15.5. The molecule has 4 aliphatic rings. The average Bonchev–Trinajstić information content (AvgIpc) is 3.93. The predicted octanol–water partition coefficient (Wildman–Crippen LogP) is 7.97. The second-order valence-electron chi connectivity index (χ2n) is 13.3. The molecule has 4 aromatic rings. The number of nitrogens with zero attached hydrogens (tertiary/aromatic N) is 2. The molecule has 0 amide bonds. The quantitative estimate of drug-likeness (QED) is 0.262. The van der Waals surface area contributed by atoms with Gasteiger partial charge in [0.15, 0.2) is 0 Å². The second kappa shape index (κ2) is 10.5. The van der Waals surface area contributed by atoms with E-state index in [-0.39, 0.29) is 22.7 Å². The molecule has 4 fully saturated rings. The van der Waals surface area contributed by atoms with Gasteiger partial charge in [-0.15, -0.1) is 0 Å². The number of carboxylic acid groups (broad SMARTS) is 2. The minimum absolute atomic E-state index is 0.0763. The summed E-state index contributed by atoms with van der Waals surface area (Å²) >= 11 is 0. The van der Waals surface area contributed by atoms with E-state index in [4.69, 9.17) is 0 Å². The lowest BCUT2D eigenvalue weighted by molar-refractivity contribution is -0.140. The monoisotopic (exact) mass is 562 g/mol. The summed E-state index contributed by atoms with van der Waals surface area (Å²) in [6, 6.07) is 20.9. The van der Waals surface area contributed by atoms with Gasteiger partial charge in [0, 0.05) is 23.2 Å². The molecule has 0 aliphatic heterocycles. The molecule has 0 unspecified atom stereocenters. The molecule has 42 heavy (non-hydrogen) atoms. The highest BCUT2D eigenvalue weighted by molar-refractivity contribution is 5.83. The van der Waals surface area contributed by atoms with E-state index in [1.165, 1.54) is 21.9 Å². The van der Waals surface area contributed by atoms with Crippen LogP contribution in [0.15, 0.2) is 73.1 Å².